The van der Waals surface area contributed by atoms with Gasteiger partial charge in [-0.3, -0.25) is 19.9 Å². The van der Waals surface area contributed by atoms with Crippen molar-refractivity contribution in [3.8, 4) is 0 Å². The summed E-state index contributed by atoms with van der Waals surface area (Å²) >= 11 is 1.37. The van der Waals surface area contributed by atoms with Gasteiger partial charge in [-0.05, 0) is 36.8 Å². The van der Waals surface area contributed by atoms with Crippen LogP contribution in [0.2, 0.25) is 0 Å². The van der Waals surface area contributed by atoms with Crippen LogP contribution in [0, 0.1) is 16.0 Å². The number of aliphatic hydroxyl groups is 1. The van der Waals surface area contributed by atoms with Crippen molar-refractivity contribution in [3.63, 3.8) is 0 Å². The number of hydrogen-bond donors (Lipinski definition) is 1. The molecule has 0 aliphatic carbocycles. The Morgan fingerprint density at radius 2 is 2.00 bits per heavy atom. The molecule has 1 aromatic heterocycles. The highest BCUT2D eigenvalue weighted by atomic mass is 32.2. The zero-order chi connectivity index (χ0) is 22.1. The van der Waals surface area contributed by atoms with E-state index in [9.17, 15) is 24.8 Å². The molecule has 1 saturated heterocycles. The Morgan fingerprint density at radius 1 is 1.32 bits per heavy atom. The number of β-lactam (4-membered cyclic amide) rings is 1. The molecular weight excluding hydrogens is 422 g/mol. The number of aromatic nitrogens is 1. The molecule has 1 aromatic carbocycles. The number of carbonyl (C=O) groups excluding carboxylic acids is 2. The van der Waals surface area contributed by atoms with Crippen molar-refractivity contribution >= 4 is 29.3 Å². The molecule has 0 bridgehead atoms. The molecule has 3 atom stereocenters. The average molecular weight is 441 g/mol. The average Bonchev–Trinajstić information content (AvgIpc) is 3.06. The van der Waals surface area contributed by atoms with E-state index in [0.29, 0.717) is 16.9 Å². The third kappa shape index (κ3) is 4.04. The summed E-state index contributed by atoms with van der Waals surface area (Å²) in [5.74, 6) is -1.49. The minimum Gasteiger partial charge on any atom is -0.456 e. The molecule has 3 unspecified atom stereocenters. The Balaban J connectivity index is 1.54. The molecular formula is C21H19N3O6S. The SMILES string of the molecule is CC(O)C1C(=O)N2C(C(=O)OCc3ccc([N+](=O)[O-])cc3)=C(Sc3ccncc3)CC12. The normalized spacial score (nSPS) is 20.8. The van der Waals surface area contributed by atoms with Gasteiger partial charge in [0, 0.05) is 40.7 Å². The van der Waals surface area contributed by atoms with Crippen LogP contribution in [0.4, 0.5) is 5.69 Å². The van der Waals surface area contributed by atoms with E-state index in [1.54, 1.807) is 31.5 Å². The van der Waals surface area contributed by atoms with E-state index in [2.05, 4.69) is 4.98 Å². The van der Waals surface area contributed by atoms with E-state index >= 15 is 0 Å². The van der Waals surface area contributed by atoms with Crippen molar-refractivity contribution in [3.05, 3.63) is 75.1 Å². The van der Waals surface area contributed by atoms with Gasteiger partial charge in [0.2, 0.25) is 5.91 Å². The lowest BCUT2D eigenvalue weighted by Crippen LogP contribution is -2.61. The molecule has 0 radical (unpaired) electrons. The van der Waals surface area contributed by atoms with Crippen molar-refractivity contribution < 1.29 is 24.4 Å². The highest BCUT2D eigenvalue weighted by Crippen LogP contribution is 2.48. The van der Waals surface area contributed by atoms with Crippen molar-refractivity contribution in [2.75, 3.05) is 0 Å². The molecule has 1 N–H and O–H groups in total. The second-order valence-electron chi connectivity index (χ2n) is 7.30. The Bertz CT molecular complexity index is 1050. The molecule has 3 heterocycles. The smallest absolute Gasteiger partial charge is 0.356 e. The summed E-state index contributed by atoms with van der Waals surface area (Å²) in [6, 6.07) is 9.04. The van der Waals surface area contributed by atoms with E-state index in [0.717, 1.165) is 4.90 Å². The molecule has 10 heteroatoms. The number of nitro benzene ring substituents is 1. The van der Waals surface area contributed by atoms with Crippen molar-refractivity contribution in [2.45, 2.75) is 37.0 Å². The van der Waals surface area contributed by atoms with Crippen molar-refractivity contribution in [1.29, 1.82) is 0 Å². The Kier molecular flexibility index (Phi) is 5.75. The number of non-ortho nitro benzene ring substituents is 1. The number of hydrogen-bond acceptors (Lipinski definition) is 8. The van der Waals surface area contributed by atoms with Gasteiger partial charge in [-0.15, -0.1) is 0 Å². The third-order valence-electron chi connectivity index (χ3n) is 5.29. The lowest BCUT2D eigenvalue weighted by atomic mass is 9.83. The van der Waals surface area contributed by atoms with Gasteiger partial charge < -0.3 is 14.7 Å². The molecule has 1 fully saturated rings. The molecule has 4 rings (SSSR count). The van der Waals surface area contributed by atoms with Gasteiger partial charge in [0.25, 0.3) is 5.69 Å². The maximum atomic E-state index is 12.9. The maximum Gasteiger partial charge on any atom is 0.356 e. The first-order valence-corrected chi connectivity index (χ1v) is 10.4. The van der Waals surface area contributed by atoms with Gasteiger partial charge >= 0.3 is 5.97 Å². The zero-order valence-electron chi connectivity index (χ0n) is 16.5. The van der Waals surface area contributed by atoms with Crippen LogP contribution in [0.15, 0.2) is 64.3 Å². The van der Waals surface area contributed by atoms with Crippen LogP contribution < -0.4 is 0 Å². The number of benzene rings is 1. The number of esters is 1. The third-order valence-corrected chi connectivity index (χ3v) is 6.40. The molecule has 31 heavy (non-hydrogen) atoms. The minimum absolute atomic E-state index is 0.0530. The predicted molar refractivity (Wildman–Crippen MR) is 110 cm³/mol. The zero-order valence-corrected chi connectivity index (χ0v) is 17.3. The van der Waals surface area contributed by atoms with Crippen LogP contribution in [-0.2, 0) is 20.9 Å². The van der Waals surface area contributed by atoms with Crippen LogP contribution in [0.25, 0.3) is 0 Å². The van der Waals surface area contributed by atoms with Crippen LogP contribution in [0.3, 0.4) is 0 Å². The molecule has 160 valence electrons. The van der Waals surface area contributed by atoms with E-state index in [-0.39, 0.29) is 29.9 Å². The minimum atomic E-state index is -0.809. The van der Waals surface area contributed by atoms with Crippen LogP contribution >= 0.6 is 11.8 Å². The quantitative estimate of drug-likeness (QED) is 0.301. The highest BCUT2D eigenvalue weighted by Gasteiger charge is 2.57. The number of aliphatic hydroxyl groups excluding tert-OH is 1. The summed E-state index contributed by atoms with van der Waals surface area (Å²) in [7, 11) is 0. The Morgan fingerprint density at radius 3 is 2.61 bits per heavy atom. The number of rotatable bonds is 7. The molecule has 1 amide bonds. The van der Waals surface area contributed by atoms with Crippen LogP contribution in [-0.4, -0.2) is 43.9 Å². The summed E-state index contributed by atoms with van der Waals surface area (Å²) < 4.78 is 5.43. The van der Waals surface area contributed by atoms with Gasteiger partial charge in [-0.25, -0.2) is 4.79 Å². The number of nitrogens with zero attached hydrogens (tertiary/aromatic N) is 3. The fourth-order valence-corrected chi connectivity index (χ4v) is 4.87. The first kappa shape index (κ1) is 21.0. The fraction of sp³-hybridized carbons (Fsp3) is 0.286. The summed E-state index contributed by atoms with van der Waals surface area (Å²) in [4.78, 5) is 42.8. The number of fused-ring (bicyclic) bond motifs is 1. The number of thioether (sulfide) groups is 1. The van der Waals surface area contributed by atoms with Gasteiger partial charge in [-0.1, -0.05) is 11.8 Å². The van der Waals surface area contributed by atoms with Gasteiger partial charge in [0.15, 0.2) is 0 Å². The second kappa shape index (κ2) is 8.48. The highest BCUT2D eigenvalue weighted by molar-refractivity contribution is 8.03. The Labute approximate surface area is 181 Å². The number of pyridine rings is 1. The van der Waals surface area contributed by atoms with Gasteiger partial charge in [0.05, 0.1) is 23.0 Å². The lowest BCUT2D eigenvalue weighted by Gasteiger charge is -2.44. The molecule has 2 aliphatic heterocycles. The number of amides is 1. The number of nitro groups is 1. The summed E-state index contributed by atoms with van der Waals surface area (Å²) in [5, 5.41) is 20.7. The van der Waals surface area contributed by atoms with Crippen molar-refractivity contribution in [1.82, 2.24) is 9.88 Å². The first-order valence-electron chi connectivity index (χ1n) is 9.59. The fourth-order valence-electron chi connectivity index (χ4n) is 3.79. The molecule has 2 aliphatic rings. The standard InChI is InChI=1S/C21H19N3O6S/c1-12(25)18-16-10-17(31-15-6-8-22-9-7-15)19(23(16)20(18)26)21(27)30-11-13-2-4-14(5-3-13)24(28)29/h2-9,12,16,18,25H,10-11H2,1H3. The van der Waals surface area contributed by atoms with Crippen LogP contribution in [0.1, 0.15) is 18.9 Å². The van der Waals surface area contributed by atoms with E-state index in [4.69, 9.17) is 4.74 Å². The maximum absolute atomic E-state index is 12.9. The largest absolute Gasteiger partial charge is 0.456 e. The monoisotopic (exact) mass is 441 g/mol. The van der Waals surface area contributed by atoms with Crippen LogP contribution in [0.5, 0.6) is 0 Å². The summed E-state index contributed by atoms with van der Waals surface area (Å²) in [5.41, 5.74) is 0.729. The first-order chi connectivity index (χ1) is 14.9. The molecule has 0 spiro atoms. The Hall–Kier alpha value is -3.24. The summed E-state index contributed by atoms with van der Waals surface area (Å²) in [6.45, 7) is 1.49. The lowest BCUT2D eigenvalue weighted by molar-refractivity contribution is -0.384. The molecule has 9 nitrogen and oxygen atoms in total. The topological polar surface area (TPSA) is 123 Å². The number of carbonyl (C=O) groups is 2. The van der Waals surface area contributed by atoms with Crippen molar-refractivity contribution in [2.24, 2.45) is 5.92 Å². The summed E-state index contributed by atoms with van der Waals surface area (Å²) in [6.07, 6.45) is 2.93. The predicted octanol–water partition coefficient (Wildman–Crippen LogP) is 2.65. The molecule has 0 saturated carbocycles. The number of ether oxygens (including phenoxy) is 1. The van der Waals surface area contributed by atoms with E-state index in [1.165, 1.54) is 40.9 Å². The van der Waals surface area contributed by atoms with E-state index in [1.807, 2.05) is 0 Å². The van der Waals surface area contributed by atoms with Gasteiger partial charge in [0.1, 0.15) is 12.3 Å². The van der Waals surface area contributed by atoms with E-state index < -0.39 is 22.9 Å². The molecule has 2 aromatic rings. The van der Waals surface area contributed by atoms with Gasteiger partial charge in [-0.2, -0.15) is 0 Å². The second-order valence-corrected chi connectivity index (χ2v) is 8.47.